The monoisotopic (exact) mass is 506 g/mol. The van der Waals surface area contributed by atoms with E-state index in [4.69, 9.17) is 9.72 Å². The lowest BCUT2D eigenvalue weighted by molar-refractivity contribution is -0.134. The van der Waals surface area contributed by atoms with Gasteiger partial charge in [0.2, 0.25) is 5.91 Å². The number of carbonyl (C=O) groups excluding carboxylic acids is 1. The van der Waals surface area contributed by atoms with Crippen molar-refractivity contribution in [1.82, 2.24) is 14.2 Å². The Morgan fingerprint density at radius 2 is 2.00 bits per heavy atom. The van der Waals surface area contributed by atoms with Crippen molar-refractivity contribution < 1.29 is 17.9 Å². The van der Waals surface area contributed by atoms with Crippen molar-refractivity contribution in [2.24, 2.45) is 0 Å². The summed E-state index contributed by atoms with van der Waals surface area (Å²) in [5, 5.41) is 2.69. The second kappa shape index (κ2) is 9.21. The van der Waals surface area contributed by atoms with Crippen molar-refractivity contribution >= 4 is 54.0 Å². The summed E-state index contributed by atoms with van der Waals surface area (Å²) in [7, 11) is -3.63. The van der Waals surface area contributed by atoms with Gasteiger partial charge in [-0.25, -0.2) is 13.4 Å². The molecule has 176 valence electrons. The molecule has 0 saturated carbocycles. The second-order valence-electron chi connectivity index (χ2n) is 8.08. The summed E-state index contributed by atoms with van der Waals surface area (Å²) >= 11 is 2.82. The molecule has 5 rings (SSSR count). The zero-order valence-electron chi connectivity index (χ0n) is 18.3. The van der Waals surface area contributed by atoms with Crippen LogP contribution in [0.3, 0.4) is 0 Å². The quantitative estimate of drug-likeness (QED) is 0.510. The molecule has 2 aliphatic heterocycles. The van der Waals surface area contributed by atoms with Crippen LogP contribution in [0.2, 0.25) is 0 Å². The third kappa shape index (κ3) is 4.34. The number of thiophene rings is 1. The molecule has 2 saturated heterocycles. The molecule has 4 heterocycles. The predicted molar refractivity (Wildman–Crippen MR) is 131 cm³/mol. The van der Waals surface area contributed by atoms with Crippen molar-refractivity contribution in [3.05, 3.63) is 35.7 Å². The molecular formula is C22H26N4O4S3. The number of sulfonamides is 1. The molecule has 2 fully saturated rings. The number of aromatic nitrogens is 1. The largest absolute Gasteiger partial charge is 0.494 e. The SMILES string of the molecule is CCOc1ccc2nc(N3CCN(C(=O)[C@@H]4CCCN4S(=O)(=O)c4cccs4)CC3)sc2c1. The second-order valence-corrected chi connectivity index (χ2v) is 12.2. The van der Waals surface area contributed by atoms with Gasteiger partial charge in [0.1, 0.15) is 16.0 Å². The maximum Gasteiger partial charge on any atom is 0.253 e. The summed E-state index contributed by atoms with van der Waals surface area (Å²) < 4.78 is 34.4. The molecule has 8 nitrogen and oxygen atoms in total. The normalized spacial score (nSPS) is 20.0. The number of nitrogens with zero attached hydrogens (tertiary/aromatic N) is 4. The predicted octanol–water partition coefficient (Wildman–Crippen LogP) is 3.26. The van der Waals surface area contributed by atoms with E-state index in [-0.39, 0.29) is 5.91 Å². The first-order valence-corrected chi connectivity index (χ1v) is 14.2. The smallest absolute Gasteiger partial charge is 0.253 e. The van der Waals surface area contributed by atoms with Crippen molar-refractivity contribution in [2.75, 3.05) is 44.2 Å². The summed E-state index contributed by atoms with van der Waals surface area (Å²) in [5.41, 5.74) is 0.942. The van der Waals surface area contributed by atoms with Crippen LogP contribution in [0, 0.1) is 0 Å². The molecule has 0 bridgehead atoms. The molecule has 11 heteroatoms. The number of ether oxygens (including phenoxy) is 1. The molecule has 0 aliphatic carbocycles. The fourth-order valence-electron chi connectivity index (χ4n) is 4.41. The molecule has 2 aliphatic rings. The number of piperazine rings is 1. The Bertz CT molecular complexity index is 1230. The molecule has 1 aromatic carbocycles. The van der Waals surface area contributed by atoms with Crippen LogP contribution in [0.4, 0.5) is 5.13 Å². The molecule has 0 unspecified atom stereocenters. The number of thiazole rings is 1. The lowest BCUT2D eigenvalue weighted by Crippen LogP contribution is -2.54. The van der Waals surface area contributed by atoms with Gasteiger partial charge in [-0.05, 0) is 49.4 Å². The highest BCUT2D eigenvalue weighted by molar-refractivity contribution is 7.91. The van der Waals surface area contributed by atoms with E-state index in [0.29, 0.717) is 56.4 Å². The van der Waals surface area contributed by atoms with E-state index in [9.17, 15) is 13.2 Å². The maximum atomic E-state index is 13.3. The van der Waals surface area contributed by atoms with Crippen LogP contribution in [0.15, 0.2) is 39.9 Å². The maximum absolute atomic E-state index is 13.3. The van der Waals surface area contributed by atoms with Crippen LogP contribution in [0.5, 0.6) is 5.75 Å². The molecule has 1 atom stereocenters. The summed E-state index contributed by atoms with van der Waals surface area (Å²) in [6.45, 7) is 5.45. The highest BCUT2D eigenvalue weighted by Gasteiger charge is 2.42. The van der Waals surface area contributed by atoms with Crippen LogP contribution >= 0.6 is 22.7 Å². The summed E-state index contributed by atoms with van der Waals surface area (Å²) in [4.78, 5) is 22.1. The molecule has 2 aromatic heterocycles. The van der Waals surface area contributed by atoms with Gasteiger partial charge in [0.05, 0.1) is 16.8 Å². The van der Waals surface area contributed by atoms with Gasteiger partial charge in [-0.2, -0.15) is 4.31 Å². The number of fused-ring (bicyclic) bond motifs is 1. The van der Waals surface area contributed by atoms with E-state index >= 15 is 0 Å². The fourth-order valence-corrected chi connectivity index (χ4v) is 8.23. The van der Waals surface area contributed by atoms with Crippen molar-refractivity contribution in [3.8, 4) is 5.75 Å². The number of carbonyl (C=O) groups is 1. The first kappa shape index (κ1) is 22.6. The van der Waals surface area contributed by atoms with Crippen LogP contribution in [0.25, 0.3) is 10.2 Å². The Kier molecular flexibility index (Phi) is 6.30. The number of amides is 1. The van der Waals surface area contributed by atoms with Crippen molar-refractivity contribution in [3.63, 3.8) is 0 Å². The molecule has 1 amide bonds. The van der Waals surface area contributed by atoms with Gasteiger partial charge in [0.25, 0.3) is 10.0 Å². The minimum absolute atomic E-state index is 0.0852. The highest BCUT2D eigenvalue weighted by Crippen LogP contribution is 2.33. The molecule has 0 N–H and O–H groups in total. The summed E-state index contributed by atoms with van der Waals surface area (Å²) in [6.07, 6.45) is 1.28. The number of benzene rings is 1. The number of anilines is 1. The fraction of sp³-hybridized carbons (Fsp3) is 0.455. The Labute approximate surface area is 201 Å². The third-order valence-electron chi connectivity index (χ3n) is 6.07. The number of rotatable bonds is 6. The summed E-state index contributed by atoms with van der Waals surface area (Å²) in [5.74, 6) is 0.757. The van der Waals surface area contributed by atoms with Crippen molar-refractivity contribution in [1.29, 1.82) is 0 Å². The summed E-state index contributed by atoms with van der Waals surface area (Å²) in [6, 6.07) is 8.65. The zero-order valence-corrected chi connectivity index (χ0v) is 20.8. The van der Waals surface area contributed by atoms with Crippen LogP contribution in [0.1, 0.15) is 19.8 Å². The Morgan fingerprint density at radius 3 is 2.73 bits per heavy atom. The zero-order chi connectivity index (χ0) is 23.0. The molecule has 0 radical (unpaired) electrons. The number of hydrogen-bond donors (Lipinski definition) is 0. The first-order chi connectivity index (χ1) is 16.0. The van der Waals surface area contributed by atoms with Gasteiger partial charge in [-0.3, -0.25) is 4.79 Å². The lowest BCUT2D eigenvalue weighted by atomic mass is 10.2. The van der Waals surface area contributed by atoms with Gasteiger partial charge in [-0.1, -0.05) is 17.4 Å². The van der Waals surface area contributed by atoms with Gasteiger partial charge in [-0.15, -0.1) is 11.3 Å². The Hall–Kier alpha value is -2.21. The van der Waals surface area contributed by atoms with Crippen LogP contribution < -0.4 is 9.64 Å². The molecule has 0 spiro atoms. The van der Waals surface area contributed by atoms with Crippen LogP contribution in [-0.2, 0) is 14.8 Å². The van der Waals surface area contributed by atoms with Gasteiger partial charge in [0, 0.05) is 32.7 Å². The van der Waals surface area contributed by atoms with E-state index < -0.39 is 16.1 Å². The Morgan fingerprint density at radius 1 is 1.18 bits per heavy atom. The van der Waals surface area contributed by atoms with E-state index in [1.54, 1.807) is 28.8 Å². The molecule has 3 aromatic rings. The van der Waals surface area contributed by atoms with E-state index in [0.717, 1.165) is 21.1 Å². The lowest BCUT2D eigenvalue weighted by Gasteiger charge is -2.37. The average Bonchev–Trinajstić information content (AvgIpc) is 3.59. The highest BCUT2D eigenvalue weighted by atomic mass is 32.2. The van der Waals surface area contributed by atoms with Gasteiger partial charge >= 0.3 is 0 Å². The molecular weight excluding hydrogens is 480 g/mol. The number of hydrogen-bond acceptors (Lipinski definition) is 8. The van der Waals surface area contributed by atoms with Gasteiger partial charge < -0.3 is 14.5 Å². The topological polar surface area (TPSA) is 83.1 Å². The Balaban J connectivity index is 1.25. The van der Waals surface area contributed by atoms with Gasteiger partial charge in [0.15, 0.2) is 5.13 Å². The minimum atomic E-state index is -3.63. The standard InChI is InChI=1S/C22H26N4O4S3/c1-2-30-16-7-8-17-19(15-16)32-22(23-17)25-12-10-24(11-13-25)21(27)18-5-3-9-26(18)33(28,29)20-6-4-14-31-20/h4,6-8,14-15,18H,2-3,5,9-13H2,1H3/t18-/m0/s1. The van der Waals surface area contributed by atoms with E-state index in [2.05, 4.69) is 4.90 Å². The molecule has 33 heavy (non-hydrogen) atoms. The van der Waals surface area contributed by atoms with Crippen LogP contribution in [-0.4, -0.2) is 73.9 Å². The van der Waals surface area contributed by atoms with E-state index in [1.165, 1.54) is 15.6 Å². The van der Waals surface area contributed by atoms with Crippen molar-refractivity contribution in [2.45, 2.75) is 30.0 Å². The average molecular weight is 507 g/mol. The minimum Gasteiger partial charge on any atom is -0.494 e. The third-order valence-corrected chi connectivity index (χ3v) is 10.4. The first-order valence-electron chi connectivity index (χ1n) is 11.1. The van der Waals surface area contributed by atoms with E-state index in [1.807, 2.05) is 30.0 Å².